The normalized spacial score (nSPS) is 9.45. The summed E-state index contributed by atoms with van der Waals surface area (Å²) >= 11 is 0. The quantitative estimate of drug-likeness (QED) is 0.771. The maximum absolute atomic E-state index is 11.4. The minimum absolute atomic E-state index is 0.0101. The summed E-state index contributed by atoms with van der Waals surface area (Å²) in [5.41, 5.74) is 6.97. The lowest BCUT2D eigenvalue weighted by Crippen LogP contribution is -2.28. The van der Waals surface area contributed by atoms with Crippen molar-refractivity contribution in [1.82, 2.24) is 10.6 Å². The summed E-state index contributed by atoms with van der Waals surface area (Å²) in [7, 11) is 0. The molecule has 4 N–H and O–H groups in total. The Morgan fingerprint density at radius 3 is 1.75 bits per heavy atom. The van der Waals surface area contributed by atoms with Crippen LogP contribution in [-0.2, 0) is 17.9 Å². The van der Waals surface area contributed by atoms with Crippen LogP contribution >= 0.6 is 0 Å². The van der Waals surface area contributed by atoms with Gasteiger partial charge in [0.05, 0.1) is 0 Å². The minimum Gasteiger partial charge on any atom is -0.352 e. The summed E-state index contributed by atoms with van der Waals surface area (Å²) in [5.74, 6) is 0.0264. The van der Waals surface area contributed by atoms with Gasteiger partial charge in [-0.1, -0.05) is 52.0 Å². The van der Waals surface area contributed by atoms with Gasteiger partial charge in [0, 0.05) is 19.0 Å². The Hall–Kier alpha value is -2.04. The number of amides is 3. The summed E-state index contributed by atoms with van der Waals surface area (Å²) in [6.45, 7) is 8.64. The fourth-order valence-electron chi connectivity index (χ4n) is 1.36. The predicted molar refractivity (Wildman–Crippen MR) is 80.9 cm³/mol. The van der Waals surface area contributed by atoms with Crippen molar-refractivity contribution < 1.29 is 9.59 Å². The molecule has 1 aromatic carbocycles. The molecular formula is C15H25N3O2. The highest BCUT2D eigenvalue weighted by molar-refractivity contribution is 5.77. The third-order valence-electron chi connectivity index (χ3n) is 2.48. The summed E-state index contributed by atoms with van der Waals surface area (Å²) in [4.78, 5) is 21.9. The van der Waals surface area contributed by atoms with E-state index in [9.17, 15) is 9.59 Å². The highest BCUT2D eigenvalue weighted by atomic mass is 16.2. The topological polar surface area (TPSA) is 84.2 Å². The standard InChI is InChI=1S/C13H19N3O2.C2H6/c1-9(2)12(17)15-7-10-3-5-11(6-4-10)8-16-13(14)18;1-2/h3-6,9H,7-8H2,1-2H3,(H,15,17)(H3,14,16,18);1-2H3. The molecule has 0 bridgehead atoms. The van der Waals surface area contributed by atoms with E-state index in [1.807, 2.05) is 52.0 Å². The lowest BCUT2D eigenvalue weighted by molar-refractivity contribution is -0.124. The molecular weight excluding hydrogens is 254 g/mol. The van der Waals surface area contributed by atoms with Gasteiger partial charge in [-0.15, -0.1) is 0 Å². The van der Waals surface area contributed by atoms with Crippen molar-refractivity contribution >= 4 is 11.9 Å². The first-order valence-electron chi connectivity index (χ1n) is 6.88. The predicted octanol–water partition coefficient (Wildman–Crippen LogP) is 2.15. The summed E-state index contributed by atoms with van der Waals surface area (Å²) in [6, 6.07) is 7.08. The van der Waals surface area contributed by atoms with E-state index in [-0.39, 0.29) is 11.8 Å². The number of benzene rings is 1. The molecule has 0 heterocycles. The van der Waals surface area contributed by atoms with Crippen molar-refractivity contribution in [2.75, 3.05) is 0 Å². The first kappa shape index (κ1) is 18.0. The van der Waals surface area contributed by atoms with Crippen LogP contribution in [0.4, 0.5) is 4.79 Å². The lowest BCUT2D eigenvalue weighted by atomic mass is 10.1. The molecule has 0 spiro atoms. The van der Waals surface area contributed by atoms with Crippen molar-refractivity contribution in [3.63, 3.8) is 0 Å². The van der Waals surface area contributed by atoms with Crippen LogP contribution in [-0.4, -0.2) is 11.9 Å². The van der Waals surface area contributed by atoms with Gasteiger partial charge in [0.25, 0.3) is 0 Å². The van der Waals surface area contributed by atoms with Gasteiger partial charge in [-0.25, -0.2) is 4.79 Å². The summed E-state index contributed by atoms with van der Waals surface area (Å²) in [5, 5.41) is 5.35. The zero-order valence-electron chi connectivity index (χ0n) is 12.7. The molecule has 3 amide bonds. The summed E-state index contributed by atoms with van der Waals surface area (Å²) in [6.07, 6.45) is 0. The molecule has 0 saturated carbocycles. The zero-order valence-corrected chi connectivity index (χ0v) is 12.7. The van der Waals surface area contributed by atoms with E-state index in [0.29, 0.717) is 13.1 Å². The number of urea groups is 1. The van der Waals surface area contributed by atoms with E-state index in [1.165, 1.54) is 0 Å². The van der Waals surface area contributed by atoms with Gasteiger partial charge < -0.3 is 16.4 Å². The van der Waals surface area contributed by atoms with Crippen LogP contribution in [0.1, 0.15) is 38.8 Å². The number of primary amides is 1. The van der Waals surface area contributed by atoms with Gasteiger partial charge in [-0.2, -0.15) is 0 Å². The smallest absolute Gasteiger partial charge is 0.312 e. The molecule has 0 atom stereocenters. The summed E-state index contributed by atoms with van der Waals surface area (Å²) < 4.78 is 0. The van der Waals surface area contributed by atoms with Crippen LogP contribution in [0.3, 0.4) is 0 Å². The van der Waals surface area contributed by atoms with E-state index in [1.54, 1.807) is 0 Å². The Labute approximate surface area is 120 Å². The van der Waals surface area contributed by atoms with E-state index < -0.39 is 6.03 Å². The van der Waals surface area contributed by atoms with Gasteiger partial charge in [0.15, 0.2) is 0 Å². The molecule has 0 unspecified atom stereocenters. The van der Waals surface area contributed by atoms with E-state index in [0.717, 1.165) is 11.1 Å². The molecule has 0 aromatic heterocycles. The van der Waals surface area contributed by atoms with Crippen LogP contribution in [0.15, 0.2) is 24.3 Å². The van der Waals surface area contributed by atoms with Crippen LogP contribution < -0.4 is 16.4 Å². The Balaban J connectivity index is 0.00000172. The maximum atomic E-state index is 11.4. The largest absolute Gasteiger partial charge is 0.352 e. The van der Waals surface area contributed by atoms with Crippen molar-refractivity contribution in [3.8, 4) is 0 Å². The van der Waals surface area contributed by atoms with Gasteiger partial charge in [-0.3, -0.25) is 4.79 Å². The molecule has 20 heavy (non-hydrogen) atoms. The second-order valence-corrected chi connectivity index (χ2v) is 4.41. The number of carbonyl (C=O) groups excluding carboxylic acids is 2. The first-order chi connectivity index (χ1) is 9.49. The van der Waals surface area contributed by atoms with Crippen LogP contribution in [0, 0.1) is 5.92 Å². The first-order valence-corrected chi connectivity index (χ1v) is 6.88. The number of nitrogens with two attached hydrogens (primary N) is 1. The number of hydrogen-bond acceptors (Lipinski definition) is 2. The molecule has 0 aliphatic heterocycles. The molecule has 0 radical (unpaired) electrons. The van der Waals surface area contributed by atoms with E-state index >= 15 is 0 Å². The molecule has 0 aliphatic rings. The molecule has 0 fully saturated rings. The van der Waals surface area contributed by atoms with Crippen molar-refractivity contribution in [1.29, 1.82) is 0 Å². The maximum Gasteiger partial charge on any atom is 0.312 e. The molecule has 1 aromatic rings. The van der Waals surface area contributed by atoms with Crippen molar-refractivity contribution in [3.05, 3.63) is 35.4 Å². The average Bonchev–Trinajstić information content (AvgIpc) is 2.45. The zero-order chi connectivity index (χ0) is 15.5. The monoisotopic (exact) mass is 279 g/mol. The van der Waals surface area contributed by atoms with Crippen LogP contribution in [0.25, 0.3) is 0 Å². The molecule has 5 heteroatoms. The molecule has 1 rings (SSSR count). The molecule has 0 saturated heterocycles. The Morgan fingerprint density at radius 2 is 1.40 bits per heavy atom. The SMILES string of the molecule is CC.CC(C)C(=O)NCc1ccc(CNC(N)=O)cc1. The third kappa shape index (κ3) is 7.41. The Kier molecular flexibility index (Phi) is 8.83. The Morgan fingerprint density at radius 1 is 1.00 bits per heavy atom. The average molecular weight is 279 g/mol. The highest BCUT2D eigenvalue weighted by Gasteiger charge is 2.05. The molecule has 112 valence electrons. The van der Waals surface area contributed by atoms with Crippen LogP contribution in [0.2, 0.25) is 0 Å². The van der Waals surface area contributed by atoms with Crippen molar-refractivity contribution in [2.24, 2.45) is 11.7 Å². The van der Waals surface area contributed by atoms with Gasteiger partial charge in [0.1, 0.15) is 0 Å². The minimum atomic E-state index is -0.539. The Bertz CT molecular complexity index is 414. The van der Waals surface area contributed by atoms with E-state index in [2.05, 4.69) is 10.6 Å². The lowest BCUT2D eigenvalue weighted by Gasteiger charge is -2.08. The number of nitrogens with one attached hydrogen (secondary N) is 2. The second-order valence-electron chi connectivity index (χ2n) is 4.41. The van der Waals surface area contributed by atoms with E-state index in [4.69, 9.17) is 5.73 Å². The fourth-order valence-corrected chi connectivity index (χ4v) is 1.36. The number of rotatable bonds is 5. The molecule has 5 nitrogen and oxygen atoms in total. The van der Waals surface area contributed by atoms with Gasteiger partial charge in [-0.05, 0) is 11.1 Å². The van der Waals surface area contributed by atoms with Gasteiger partial charge in [0.2, 0.25) is 5.91 Å². The van der Waals surface area contributed by atoms with Gasteiger partial charge >= 0.3 is 6.03 Å². The van der Waals surface area contributed by atoms with Crippen molar-refractivity contribution in [2.45, 2.75) is 40.8 Å². The number of hydrogen-bond donors (Lipinski definition) is 3. The highest BCUT2D eigenvalue weighted by Crippen LogP contribution is 2.04. The molecule has 0 aliphatic carbocycles. The fraction of sp³-hybridized carbons (Fsp3) is 0.467. The van der Waals surface area contributed by atoms with Crippen LogP contribution in [0.5, 0.6) is 0 Å². The number of carbonyl (C=O) groups is 2. The third-order valence-corrected chi connectivity index (χ3v) is 2.48. The second kappa shape index (κ2) is 9.83.